The molecule has 2 aromatic carbocycles. The topological polar surface area (TPSA) is 79.3 Å². The summed E-state index contributed by atoms with van der Waals surface area (Å²) in [7, 11) is 0. The third-order valence-corrected chi connectivity index (χ3v) is 6.13. The molecule has 0 unspecified atom stereocenters. The van der Waals surface area contributed by atoms with Crippen LogP contribution in [0.5, 0.6) is 0 Å². The predicted molar refractivity (Wildman–Crippen MR) is 120 cm³/mol. The largest absolute Gasteiger partial charge is 0.478 e. The molecule has 0 atom stereocenters. The fraction of sp³-hybridized carbons (Fsp3) is 0.208. The van der Waals surface area contributed by atoms with Crippen LogP contribution in [-0.2, 0) is 11.2 Å². The van der Waals surface area contributed by atoms with E-state index in [4.69, 9.17) is 0 Å². The van der Waals surface area contributed by atoms with Crippen LogP contribution in [0.4, 0.5) is 10.1 Å². The van der Waals surface area contributed by atoms with E-state index in [1.165, 1.54) is 31.0 Å². The highest BCUT2D eigenvalue weighted by molar-refractivity contribution is 7.10. The lowest BCUT2D eigenvalue weighted by Gasteiger charge is -2.22. The van der Waals surface area contributed by atoms with Crippen molar-refractivity contribution in [3.8, 4) is 0 Å². The summed E-state index contributed by atoms with van der Waals surface area (Å²) in [4.78, 5) is 28.4. The third kappa shape index (κ3) is 5.24. The lowest BCUT2D eigenvalue weighted by atomic mass is 9.83. The number of carboxylic acids is 1. The lowest BCUT2D eigenvalue weighted by Crippen LogP contribution is -2.16. The van der Waals surface area contributed by atoms with Crippen LogP contribution in [0.3, 0.4) is 0 Å². The second kappa shape index (κ2) is 9.22. The van der Waals surface area contributed by atoms with Crippen LogP contribution in [-0.4, -0.2) is 22.0 Å². The Balaban J connectivity index is 1.41. The number of rotatable bonds is 7. The molecule has 0 saturated heterocycles. The Labute approximate surface area is 183 Å². The average molecular weight is 437 g/mol. The molecule has 2 N–H and O–H groups in total. The number of anilines is 1. The van der Waals surface area contributed by atoms with Gasteiger partial charge in [-0.1, -0.05) is 30.7 Å². The maximum atomic E-state index is 13.3. The van der Waals surface area contributed by atoms with E-state index in [9.17, 15) is 19.1 Å². The van der Waals surface area contributed by atoms with Gasteiger partial charge in [0.2, 0.25) is 5.91 Å². The van der Waals surface area contributed by atoms with E-state index in [-0.39, 0.29) is 23.5 Å². The summed E-state index contributed by atoms with van der Waals surface area (Å²) >= 11 is 1.62. The van der Waals surface area contributed by atoms with Crippen molar-refractivity contribution in [2.45, 2.75) is 31.6 Å². The van der Waals surface area contributed by atoms with E-state index < -0.39 is 11.8 Å². The Bertz CT molecular complexity index is 1150. The van der Waals surface area contributed by atoms with E-state index >= 15 is 0 Å². The number of thiazole rings is 1. The van der Waals surface area contributed by atoms with Gasteiger partial charge in [0.15, 0.2) is 0 Å². The van der Waals surface area contributed by atoms with E-state index in [0.717, 1.165) is 22.7 Å². The van der Waals surface area contributed by atoms with Gasteiger partial charge < -0.3 is 10.4 Å². The number of aromatic carboxylic acids is 1. The molecule has 1 fully saturated rings. The molecule has 0 aliphatic heterocycles. The number of nitrogens with zero attached hydrogens (tertiary/aromatic N) is 1. The highest BCUT2D eigenvalue weighted by Crippen LogP contribution is 2.36. The second-order valence-corrected chi connectivity index (χ2v) is 8.42. The molecule has 1 amide bonds. The number of nitrogens with one attached hydrogen (secondary N) is 1. The van der Waals surface area contributed by atoms with Gasteiger partial charge >= 0.3 is 5.97 Å². The zero-order valence-corrected chi connectivity index (χ0v) is 17.5. The number of hydrogen-bond donors (Lipinski definition) is 2. The average Bonchev–Trinajstić information content (AvgIpc) is 3.15. The molecule has 31 heavy (non-hydrogen) atoms. The number of halogens is 1. The van der Waals surface area contributed by atoms with Crippen molar-refractivity contribution in [1.29, 1.82) is 0 Å². The fourth-order valence-electron chi connectivity index (χ4n) is 3.44. The van der Waals surface area contributed by atoms with E-state index in [0.29, 0.717) is 11.6 Å². The van der Waals surface area contributed by atoms with Crippen LogP contribution in [0.15, 0.2) is 47.8 Å². The first-order chi connectivity index (χ1) is 15.0. The number of amides is 1. The maximum absolute atomic E-state index is 13.3. The van der Waals surface area contributed by atoms with Crippen molar-refractivity contribution in [2.75, 3.05) is 5.32 Å². The van der Waals surface area contributed by atoms with Crippen LogP contribution in [0, 0.1) is 5.82 Å². The standard InChI is InChI=1S/C24H21FN2O3S/c25-18-9-8-17(20(13-18)24(29)30)12-22(28)26-19-6-1-3-15(11-19)7-10-23-27-21(14-31-23)16-4-2-5-16/h1,3,6-11,13-14,16H,2,4-5,12H2,(H,26,28)(H,29,30)/b10-7+. The molecular formula is C24H21FN2O3S. The molecule has 1 aromatic heterocycles. The van der Waals surface area contributed by atoms with Crippen molar-refractivity contribution in [3.63, 3.8) is 0 Å². The van der Waals surface area contributed by atoms with Gasteiger partial charge in [-0.2, -0.15) is 0 Å². The van der Waals surface area contributed by atoms with Crippen molar-refractivity contribution in [3.05, 3.63) is 81.1 Å². The fourth-order valence-corrected chi connectivity index (χ4v) is 4.23. The molecule has 1 heterocycles. The Morgan fingerprint density at radius 3 is 2.77 bits per heavy atom. The van der Waals surface area contributed by atoms with Crippen LogP contribution < -0.4 is 5.32 Å². The van der Waals surface area contributed by atoms with Crippen molar-refractivity contribution < 1.29 is 19.1 Å². The number of benzene rings is 2. The number of carboxylic acid groups (broad SMARTS) is 1. The summed E-state index contributed by atoms with van der Waals surface area (Å²) in [6.07, 6.45) is 7.48. The molecular weight excluding hydrogens is 415 g/mol. The van der Waals surface area contributed by atoms with Crippen LogP contribution in [0.25, 0.3) is 12.2 Å². The van der Waals surface area contributed by atoms with Gasteiger partial charge in [-0.3, -0.25) is 4.79 Å². The summed E-state index contributed by atoms with van der Waals surface area (Å²) in [5, 5.41) is 15.1. The molecule has 0 bridgehead atoms. The van der Waals surface area contributed by atoms with Crippen LogP contribution in [0.1, 0.15) is 57.4 Å². The third-order valence-electron chi connectivity index (χ3n) is 5.31. The Hall–Kier alpha value is -3.32. The SMILES string of the molecule is O=C(Cc1ccc(F)cc1C(=O)O)Nc1cccc(/C=C/c2nc(C3CCC3)cs2)c1. The molecule has 1 saturated carbocycles. The molecule has 4 rings (SSSR count). The first-order valence-electron chi connectivity index (χ1n) is 10.0. The number of aromatic nitrogens is 1. The Kier molecular flexibility index (Phi) is 6.23. The maximum Gasteiger partial charge on any atom is 0.336 e. The number of carbonyl (C=O) groups excluding carboxylic acids is 1. The summed E-state index contributed by atoms with van der Waals surface area (Å²) in [5.41, 5.74) is 2.73. The predicted octanol–water partition coefficient (Wildman–Crippen LogP) is 5.60. The van der Waals surface area contributed by atoms with Gasteiger partial charge in [-0.15, -0.1) is 11.3 Å². The van der Waals surface area contributed by atoms with Crippen molar-refractivity contribution >= 4 is 41.1 Å². The van der Waals surface area contributed by atoms with Crippen LogP contribution >= 0.6 is 11.3 Å². The van der Waals surface area contributed by atoms with Gasteiger partial charge in [0, 0.05) is 17.0 Å². The van der Waals surface area contributed by atoms with Gasteiger partial charge in [0.25, 0.3) is 0 Å². The molecule has 1 aliphatic carbocycles. The zero-order valence-electron chi connectivity index (χ0n) is 16.7. The molecule has 158 valence electrons. The van der Waals surface area contributed by atoms with Crippen molar-refractivity contribution in [1.82, 2.24) is 4.98 Å². The Morgan fingerprint density at radius 1 is 1.19 bits per heavy atom. The van der Waals surface area contributed by atoms with E-state index in [2.05, 4.69) is 15.7 Å². The van der Waals surface area contributed by atoms with Gasteiger partial charge in [0.05, 0.1) is 17.7 Å². The monoisotopic (exact) mass is 436 g/mol. The minimum absolute atomic E-state index is 0.162. The first-order valence-corrected chi connectivity index (χ1v) is 10.9. The highest BCUT2D eigenvalue weighted by atomic mass is 32.1. The number of hydrogen-bond acceptors (Lipinski definition) is 4. The molecule has 0 radical (unpaired) electrons. The molecule has 0 spiro atoms. The molecule has 5 nitrogen and oxygen atoms in total. The smallest absolute Gasteiger partial charge is 0.336 e. The summed E-state index contributed by atoms with van der Waals surface area (Å²) in [6.45, 7) is 0. The highest BCUT2D eigenvalue weighted by Gasteiger charge is 2.21. The molecule has 3 aromatic rings. The normalized spacial score (nSPS) is 13.8. The number of carbonyl (C=O) groups is 2. The van der Waals surface area contributed by atoms with Gasteiger partial charge in [0.1, 0.15) is 10.8 Å². The zero-order chi connectivity index (χ0) is 21.8. The van der Waals surface area contributed by atoms with Crippen LogP contribution in [0.2, 0.25) is 0 Å². The summed E-state index contributed by atoms with van der Waals surface area (Å²) < 4.78 is 13.3. The molecule has 7 heteroatoms. The second-order valence-electron chi connectivity index (χ2n) is 7.53. The van der Waals surface area contributed by atoms with Crippen molar-refractivity contribution in [2.24, 2.45) is 0 Å². The molecule has 1 aliphatic rings. The quantitative estimate of drug-likeness (QED) is 0.505. The lowest BCUT2D eigenvalue weighted by molar-refractivity contribution is -0.115. The minimum Gasteiger partial charge on any atom is -0.478 e. The summed E-state index contributed by atoms with van der Waals surface area (Å²) in [5.74, 6) is -1.68. The van der Waals surface area contributed by atoms with Gasteiger partial charge in [-0.25, -0.2) is 14.2 Å². The minimum atomic E-state index is -1.27. The summed E-state index contributed by atoms with van der Waals surface area (Å²) in [6, 6.07) is 10.7. The first kappa shape index (κ1) is 20.9. The van der Waals surface area contributed by atoms with E-state index in [1.807, 2.05) is 30.4 Å². The Morgan fingerprint density at radius 2 is 2.03 bits per heavy atom. The van der Waals surface area contributed by atoms with Gasteiger partial charge in [-0.05, 0) is 54.3 Å². The van der Waals surface area contributed by atoms with E-state index in [1.54, 1.807) is 17.4 Å².